The number of rotatable bonds is 4. The minimum atomic E-state index is -0.656. The maximum Gasteiger partial charge on any atom is 0.309 e. The molecule has 1 heterocycles. The predicted octanol–water partition coefficient (Wildman–Crippen LogP) is 0.532. The third-order valence-corrected chi connectivity index (χ3v) is 3.65. The molecule has 0 amide bonds. The van der Waals surface area contributed by atoms with Crippen LogP contribution < -0.4 is 5.32 Å². The van der Waals surface area contributed by atoms with Crippen molar-refractivity contribution >= 4 is 5.97 Å². The number of hydrogen-bond acceptors (Lipinski definition) is 3. The maximum atomic E-state index is 11.2. The number of carbonyl (C=O) groups is 1. The van der Waals surface area contributed by atoms with Crippen LogP contribution in [0.2, 0.25) is 0 Å². The van der Waals surface area contributed by atoms with E-state index in [0.717, 1.165) is 13.1 Å². The number of hydrogen-bond donors (Lipinski definition) is 2. The Morgan fingerprint density at radius 1 is 1.53 bits per heavy atom. The summed E-state index contributed by atoms with van der Waals surface area (Å²) in [5.41, 5.74) is 0. The highest BCUT2D eigenvalue weighted by Crippen LogP contribution is 2.36. The second kappa shape index (κ2) is 4.10. The van der Waals surface area contributed by atoms with Crippen molar-refractivity contribution in [2.75, 3.05) is 13.1 Å². The molecule has 0 aromatic rings. The average molecular weight is 212 g/mol. The first kappa shape index (κ1) is 10.9. The smallest absolute Gasteiger partial charge is 0.309 e. The molecule has 3 unspecified atom stereocenters. The second-order valence-corrected chi connectivity index (χ2v) is 4.70. The number of likely N-dealkylation sites (N-methyl/N-ethyl adjacent to an activating group) is 1. The summed E-state index contributed by atoms with van der Waals surface area (Å²) in [6.07, 6.45) is 2.49. The summed E-state index contributed by atoms with van der Waals surface area (Å²) >= 11 is 0. The van der Waals surface area contributed by atoms with Crippen LogP contribution in [0.4, 0.5) is 0 Å². The van der Waals surface area contributed by atoms with Gasteiger partial charge in [-0.05, 0) is 26.3 Å². The zero-order valence-corrected chi connectivity index (χ0v) is 9.44. The van der Waals surface area contributed by atoms with E-state index in [1.54, 1.807) is 0 Å². The number of aliphatic carboxylic acids is 1. The lowest BCUT2D eigenvalue weighted by atomic mass is 9.97. The lowest BCUT2D eigenvalue weighted by Gasteiger charge is -2.21. The fourth-order valence-corrected chi connectivity index (χ4v) is 2.77. The Labute approximate surface area is 90.6 Å². The first-order valence-corrected chi connectivity index (χ1v) is 5.87. The summed E-state index contributed by atoms with van der Waals surface area (Å²) in [6, 6.07) is 0.965. The molecule has 15 heavy (non-hydrogen) atoms. The van der Waals surface area contributed by atoms with Gasteiger partial charge in [-0.3, -0.25) is 9.69 Å². The van der Waals surface area contributed by atoms with Crippen LogP contribution in [-0.2, 0) is 4.79 Å². The normalized spacial score (nSPS) is 37.1. The van der Waals surface area contributed by atoms with Gasteiger partial charge in [-0.15, -0.1) is 0 Å². The van der Waals surface area contributed by atoms with Gasteiger partial charge in [0.25, 0.3) is 0 Å². The standard InChI is InChI=1S/C11H20N2O2/c1-3-12-9-6-13(8-4-5-8)7(2)10(9)11(14)15/h7-10,12H,3-6H2,1-2H3,(H,14,15). The van der Waals surface area contributed by atoms with Crippen LogP contribution in [0.25, 0.3) is 0 Å². The molecule has 0 aromatic heterocycles. The van der Waals surface area contributed by atoms with Gasteiger partial charge in [0.1, 0.15) is 0 Å². The van der Waals surface area contributed by atoms with E-state index in [0.29, 0.717) is 6.04 Å². The third kappa shape index (κ3) is 2.01. The molecule has 2 rings (SSSR count). The minimum Gasteiger partial charge on any atom is -0.481 e. The van der Waals surface area contributed by atoms with Gasteiger partial charge < -0.3 is 10.4 Å². The van der Waals surface area contributed by atoms with Crippen LogP contribution in [0, 0.1) is 5.92 Å². The van der Waals surface area contributed by atoms with Gasteiger partial charge in [0.05, 0.1) is 5.92 Å². The Bertz CT molecular complexity index is 253. The summed E-state index contributed by atoms with van der Waals surface area (Å²) < 4.78 is 0. The monoisotopic (exact) mass is 212 g/mol. The molecule has 1 saturated carbocycles. The number of nitrogens with zero attached hydrogens (tertiary/aromatic N) is 1. The van der Waals surface area contributed by atoms with Crippen LogP contribution in [0.5, 0.6) is 0 Å². The van der Waals surface area contributed by atoms with E-state index in [2.05, 4.69) is 17.1 Å². The van der Waals surface area contributed by atoms with Crippen molar-refractivity contribution in [3.05, 3.63) is 0 Å². The molecule has 2 fully saturated rings. The molecule has 1 aliphatic heterocycles. The topological polar surface area (TPSA) is 52.6 Å². The molecule has 2 N–H and O–H groups in total. The van der Waals surface area contributed by atoms with E-state index in [-0.39, 0.29) is 18.0 Å². The SMILES string of the molecule is CCNC1CN(C2CC2)C(C)C1C(=O)O. The lowest BCUT2D eigenvalue weighted by molar-refractivity contribution is -0.143. The number of carboxylic acids is 1. The fraction of sp³-hybridized carbons (Fsp3) is 0.909. The van der Waals surface area contributed by atoms with E-state index >= 15 is 0 Å². The van der Waals surface area contributed by atoms with Gasteiger partial charge in [-0.25, -0.2) is 0 Å². The highest BCUT2D eigenvalue weighted by molar-refractivity contribution is 5.72. The molecule has 86 valence electrons. The van der Waals surface area contributed by atoms with Crippen molar-refractivity contribution in [3.8, 4) is 0 Å². The highest BCUT2D eigenvalue weighted by Gasteiger charge is 2.47. The molecule has 4 nitrogen and oxygen atoms in total. The van der Waals surface area contributed by atoms with Gasteiger partial charge >= 0.3 is 5.97 Å². The van der Waals surface area contributed by atoms with Gasteiger partial charge in [-0.2, -0.15) is 0 Å². The predicted molar refractivity (Wildman–Crippen MR) is 57.8 cm³/mol. The largest absolute Gasteiger partial charge is 0.481 e. The molecular formula is C11H20N2O2. The Hall–Kier alpha value is -0.610. The number of carboxylic acid groups (broad SMARTS) is 1. The molecule has 0 bridgehead atoms. The van der Waals surface area contributed by atoms with Crippen molar-refractivity contribution in [2.45, 2.75) is 44.8 Å². The van der Waals surface area contributed by atoms with Gasteiger partial charge in [-0.1, -0.05) is 6.92 Å². The Morgan fingerprint density at radius 2 is 2.20 bits per heavy atom. The highest BCUT2D eigenvalue weighted by atomic mass is 16.4. The number of likely N-dealkylation sites (tertiary alicyclic amines) is 1. The van der Waals surface area contributed by atoms with Gasteiger partial charge in [0.2, 0.25) is 0 Å². The summed E-state index contributed by atoms with van der Waals surface area (Å²) in [6.45, 7) is 5.83. The summed E-state index contributed by atoms with van der Waals surface area (Å²) in [4.78, 5) is 13.6. The first-order valence-electron chi connectivity index (χ1n) is 5.87. The summed E-state index contributed by atoms with van der Waals surface area (Å²) in [7, 11) is 0. The average Bonchev–Trinajstić information content (AvgIpc) is 2.93. The molecule has 0 aromatic carbocycles. The van der Waals surface area contributed by atoms with Crippen LogP contribution in [0.1, 0.15) is 26.7 Å². The molecule has 4 heteroatoms. The zero-order valence-electron chi connectivity index (χ0n) is 9.44. The summed E-state index contributed by atoms with van der Waals surface area (Å²) in [5, 5.41) is 12.5. The van der Waals surface area contributed by atoms with E-state index < -0.39 is 5.97 Å². The second-order valence-electron chi connectivity index (χ2n) is 4.70. The maximum absolute atomic E-state index is 11.2. The Morgan fingerprint density at radius 3 is 2.67 bits per heavy atom. The van der Waals surface area contributed by atoms with E-state index in [9.17, 15) is 9.90 Å². The van der Waals surface area contributed by atoms with Crippen LogP contribution in [-0.4, -0.2) is 47.2 Å². The number of nitrogens with one attached hydrogen (secondary N) is 1. The van der Waals surface area contributed by atoms with Crippen LogP contribution in [0.3, 0.4) is 0 Å². The van der Waals surface area contributed by atoms with Crippen molar-refractivity contribution in [1.29, 1.82) is 0 Å². The van der Waals surface area contributed by atoms with Crippen molar-refractivity contribution in [3.63, 3.8) is 0 Å². The van der Waals surface area contributed by atoms with Crippen LogP contribution in [0.15, 0.2) is 0 Å². The molecule has 0 radical (unpaired) electrons. The van der Waals surface area contributed by atoms with Crippen molar-refractivity contribution < 1.29 is 9.90 Å². The van der Waals surface area contributed by atoms with Gasteiger partial charge in [0.15, 0.2) is 0 Å². The van der Waals surface area contributed by atoms with E-state index in [1.165, 1.54) is 12.8 Å². The van der Waals surface area contributed by atoms with Crippen molar-refractivity contribution in [2.24, 2.45) is 5.92 Å². The van der Waals surface area contributed by atoms with Crippen LogP contribution >= 0.6 is 0 Å². The quantitative estimate of drug-likeness (QED) is 0.714. The molecule has 3 atom stereocenters. The first-order chi connectivity index (χ1) is 7.15. The fourth-order valence-electron chi connectivity index (χ4n) is 2.77. The molecule has 2 aliphatic rings. The Balaban J connectivity index is 2.07. The Kier molecular flexibility index (Phi) is 2.98. The molecule has 1 saturated heterocycles. The molecular weight excluding hydrogens is 192 g/mol. The van der Waals surface area contributed by atoms with E-state index in [4.69, 9.17) is 0 Å². The summed E-state index contributed by atoms with van der Waals surface area (Å²) in [5.74, 6) is -0.901. The molecule has 1 aliphatic carbocycles. The molecule has 0 spiro atoms. The van der Waals surface area contributed by atoms with Crippen molar-refractivity contribution in [1.82, 2.24) is 10.2 Å². The minimum absolute atomic E-state index is 0.128. The lowest BCUT2D eigenvalue weighted by Crippen LogP contribution is -2.40. The van der Waals surface area contributed by atoms with Gasteiger partial charge in [0, 0.05) is 24.7 Å². The third-order valence-electron chi connectivity index (χ3n) is 3.65. The zero-order chi connectivity index (χ0) is 11.0. The van der Waals surface area contributed by atoms with E-state index in [1.807, 2.05) is 6.92 Å².